The van der Waals surface area contributed by atoms with Crippen LogP contribution in [0.4, 0.5) is 0 Å². The lowest BCUT2D eigenvalue weighted by Gasteiger charge is -2.28. The maximum Gasteiger partial charge on any atom is 0.308 e. The third kappa shape index (κ3) is 2.66. The number of carboxylic acid groups (broad SMARTS) is 1. The van der Waals surface area contributed by atoms with Gasteiger partial charge in [-0.3, -0.25) is 9.59 Å². The van der Waals surface area contributed by atoms with E-state index in [0.717, 1.165) is 19.3 Å². The maximum absolute atomic E-state index is 11.7. The smallest absolute Gasteiger partial charge is 0.308 e. The molecule has 2 saturated carbocycles. The van der Waals surface area contributed by atoms with E-state index < -0.39 is 5.97 Å². The molecule has 0 aliphatic heterocycles. The lowest BCUT2D eigenvalue weighted by atomic mass is 9.84. The molecule has 0 aromatic rings. The second kappa shape index (κ2) is 5.69. The average Bonchev–Trinajstić information content (AvgIpc) is 2.89. The standard InChI is InChI=1S/C13H21NO4/c1-2-18-6-5-10(15)14-12-9-4-3-8(7-9)11(12)13(16)17/h8-9,11-12H,2-7H2,1H3,(H,14,15)(H,16,17). The van der Waals surface area contributed by atoms with Gasteiger partial charge in [-0.05, 0) is 38.0 Å². The Hall–Kier alpha value is -1.10. The number of fused-ring (bicyclic) bond motifs is 2. The molecular weight excluding hydrogens is 234 g/mol. The summed E-state index contributed by atoms with van der Waals surface area (Å²) < 4.78 is 5.13. The number of ether oxygens (including phenoxy) is 1. The Morgan fingerprint density at radius 2 is 2.06 bits per heavy atom. The highest BCUT2D eigenvalue weighted by molar-refractivity contribution is 5.78. The van der Waals surface area contributed by atoms with E-state index in [9.17, 15) is 14.7 Å². The molecular formula is C13H21NO4. The van der Waals surface area contributed by atoms with Crippen molar-refractivity contribution in [2.75, 3.05) is 13.2 Å². The molecule has 0 radical (unpaired) electrons. The second-order valence-corrected chi connectivity index (χ2v) is 5.24. The van der Waals surface area contributed by atoms with Gasteiger partial charge in [-0.2, -0.15) is 0 Å². The number of rotatable bonds is 6. The first kappa shape index (κ1) is 13.3. The summed E-state index contributed by atoms with van der Waals surface area (Å²) >= 11 is 0. The zero-order chi connectivity index (χ0) is 13.1. The van der Waals surface area contributed by atoms with Gasteiger partial charge in [0.15, 0.2) is 0 Å². The molecule has 2 N–H and O–H groups in total. The number of aliphatic carboxylic acids is 1. The first-order chi connectivity index (χ1) is 8.63. The highest BCUT2D eigenvalue weighted by Crippen LogP contribution is 2.48. The van der Waals surface area contributed by atoms with Crippen LogP contribution in [0.25, 0.3) is 0 Å². The molecule has 18 heavy (non-hydrogen) atoms. The SMILES string of the molecule is CCOCCC(=O)NC1C2CCC(C2)C1C(=O)O. The van der Waals surface area contributed by atoms with Crippen molar-refractivity contribution in [1.82, 2.24) is 5.32 Å². The van der Waals surface area contributed by atoms with Crippen molar-refractivity contribution in [3.8, 4) is 0 Å². The molecule has 102 valence electrons. The van der Waals surface area contributed by atoms with Crippen molar-refractivity contribution >= 4 is 11.9 Å². The Morgan fingerprint density at radius 3 is 2.72 bits per heavy atom. The fourth-order valence-electron chi connectivity index (χ4n) is 3.42. The van der Waals surface area contributed by atoms with Crippen molar-refractivity contribution in [3.05, 3.63) is 0 Å². The van der Waals surface area contributed by atoms with Crippen LogP contribution in [0.5, 0.6) is 0 Å². The largest absolute Gasteiger partial charge is 0.481 e. The van der Waals surface area contributed by atoms with Crippen LogP contribution in [0.2, 0.25) is 0 Å². The van der Waals surface area contributed by atoms with Crippen LogP contribution < -0.4 is 5.32 Å². The number of carbonyl (C=O) groups is 2. The number of carbonyl (C=O) groups excluding carboxylic acids is 1. The first-order valence-corrected chi connectivity index (χ1v) is 6.73. The highest BCUT2D eigenvalue weighted by atomic mass is 16.5. The Labute approximate surface area is 107 Å². The van der Waals surface area contributed by atoms with E-state index in [1.54, 1.807) is 0 Å². The summed E-state index contributed by atoms with van der Waals surface area (Å²) in [7, 11) is 0. The molecule has 0 aromatic heterocycles. The molecule has 1 amide bonds. The number of hydrogen-bond acceptors (Lipinski definition) is 3. The van der Waals surface area contributed by atoms with E-state index in [2.05, 4.69) is 5.32 Å². The van der Waals surface area contributed by atoms with Crippen LogP contribution >= 0.6 is 0 Å². The van der Waals surface area contributed by atoms with Gasteiger partial charge in [0.1, 0.15) is 0 Å². The van der Waals surface area contributed by atoms with Gasteiger partial charge in [0.05, 0.1) is 12.5 Å². The lowest BCUT2D eigenvalue weighted by molar-refractivity contribution is -0.144. The van der Waals surface area contributed by atoms with E-state index in [4.69, 9.17) is 4.74 Å². The van der Waals surface area contributed by atoms with E-state index in [0.29, 0.717) is 25.6 Å². The molecule has 0 aromatic carbocycles. The van der Waals surface area contributed by atoms with Gasteiger partial charge in [-0.1, -0.05) is 0 Å². The molecule has 2 aliphatic carbocycles. The van der Waals surface area contributed by atoms with Gasteiger partial charge >= 0.3 is 5.97 Å². The molecule has 0 spiro atoms. The minimum absolute atomic E-state index is 0.0905. The van der Waals surface area contributed by atoms with Crippen LogP contribution in [0.3, 0.4) is 0 Å². The maximum atomic E-state index is 11.7. The van der Waals surface area contributed by atoms with Crippen molar-refractivity contribution in [1.29, 1.82) is 0 Å². The summed E-state index contributed by atoms with van der Waals surface area (Å²) in [6.45, 7) is 2.88. The number of carboxylic acids is 1. The minimum Gasteiger partial charge on any atom is -0.481 e. The van der Waals surface area contributed by atoms with Crippen molar-refractivity contribution in [3.63, 3.8) is 0 Å². The Bertz CT molecular complexity index is 331. The molecule has 0 saturated heterocycles. The zero-order valence-electron chi connectivity index (χ0n) is 10.7. The molecule has 5 nitrogen and oxygen atoms in total. The van der Waals surface area contributed by atoms with Crippen LogP contribution in [0.1, 0.15) is 32.6 Å². The predicted octanol–water partition coefficient (Wildman–Crippen LogP) is 1.03. The highest BCUT2D eigenvalue weighted by Gasteiger charge is 2.51. The molecule has 2 rings (SSSR count). The first-order valence-electron chi connectivity index (χ1n) is 6.73. The van der Waals surface area contributed by atoms with Crippen LogP contribution in [-0.4, -0.2) is 36.2 Å². The van der Waals surface area contributed by atoms with Gasteiger partial charge in [0, 0.05) is 19.1 Å². The van der Waals surface area contributed by atoms with Gasteiger partial charge in [-0.25, -0.2) is 0 Å². The van der Waals surface area contributed by atoms with Crippen molar-refractivity contribution < 1.29 is 19.4 Å². The normalized spacial score (nSPS) is 33.6. The molecule has 0 heterocycles. The third-order valence-corrected chi connectivity index (χ3v) is 4.21. The topological polar surface area (TPSA) is 75.6 Å². The van der Waals surface area contributed by atoms with Gasteiger partial charge in [0.2, 0.25) is 5.91 Å². The summed E-state index contributed by atoms with van der Waals surface area (Å²) in [6, 6.07) is -0.171. The third-order valence-electron chi connectivity index (χ3n) is 4.21. The minimum atomic E-state index is -0.766. The summed E-state index contributed by atoms with van der Waals surface area (Å²) in [4.78, 5) is 23.0. The molecule has 2 aliphatic rings. The zero-order valence-corrected chi connectivity index (χ0v) is 10.7. The average molecular weight is 255 g/mol. The second-order valence-electron chi connectivity index (χ2n) is 5.24. The summed E-state index contributed by atoms with van der Waals surface area (Å²) in [5.74, 6) is -0.638. The molecule has 4 atom stereocenters. The van der Waals surface area contributed by atoms with E-state index >= 15 is 0 Å². The van der Waals surface area contributed by atoms with Crippen molar-refractivity contribution in [2.45, 2.75) is 38.6 Å². The fourth-order valence-corrected chi connectivity index (χ4v) is 3.42. The predicted molar refractivity (Wildman–Crippen MR) is 65.0 cm³/mol. The van der Waals surface area contributed by atoms with Gasteiger partial charge in [0.25, 0.3) is 0 Å². The van der Waals surface area contributed by atoms with Crippen molar-refractivity contribution in [2.24, 2.45) is 17.8 Å². The Kier molecular flexibility index (Phi) is 4.22. The number of nitrogens with one attached hydrogen (secondary N) is 1. The Morgan fingerprint density at radius 1 is 1.33 bits per heavy atom. The van der Waals surface area contributed by atoms with Crippen LogP contribution in [-0.2, 0) is 14.3 Å². The lowest BCUT2D eigenvalue weighted by Crippen LogP contribution is -2.47. The Balaban J connectivity index is 1.87. The van der Waals surface area contributed by atoms with Gasteiger partial charge < -0.3 is 15.2 Å². The van der Waals surface area contributed by atoms with Gasteiger partial charge in [-0.15, -0.1) is 0 Å². The van der Waals surface area contributed by atoms with Crippen LogP contribution in [0.15, 0.2) is 0 Å². The van der Waals surface area contributed by atoms with E-state index in [1.807, 2.05) is 6.92 Å². The molecule has 2 fully saturated rings. The fraction of sp³-hybridized carbons (Fsp3) is 0.846. The summed E-state index contributed by atoms with van der Waals surface area (Å²) in [5, 5.41) is 12.2. The molecule has 4 unspecified atom stereocenters. The monoisotopic (exact) mass is 255 g/mol. The van der Waals surface area contributed by atoms with E-state index in [1.165, 1.54) is 0 Å². The number of hydrogen-bond donors (Lipinski definition) is 2. The quantitative estimate of drug-likeness (QED) is 0.695. The molecule has 2 bridgehead atoms. The summed E-state index contributed by atoms with van der Waals surface area (Å²) in [6.07, 6.45) is 3.30. The summed E-state index contributed by atoms with van der Waals surface area (Å²) in [5.41, 5.74) is 0. The number of amides is 1. The van der Waals surface area contributed by atoms with Crippen LogP contribution in [0, 0.1) is 17.8 Å². The van der Waals surface area contributed by atoms with E-state index in [-0.39, 0.29) is 23.8 Å². The molecule has 5 heteroatoms.